The van der Waals surface area contributed by atoms with Crippen LogP contribution in [0.3, 0.4) is 0 Å². The van der Waals surface area contributed by atoms with Gasteiger partial charge >= 0.3 is 10.2 Å². The zero-order chi connectivity index (χ0) is 13.4. The Morgan fingerprint density at radius 1 is 1.39 bits per heavy atom. The number of carbonyl (C=O) groups excluding carboxylic acids is 1. The number of likely N-dealkylation sites (tertiary alicyclic amines) is 1. The van der Waals surface area contributed by atoms with Crippen LogP contribution >= 0.6 is 0 Å². The molecule has 0 radical (unpaired) electrons. The number of β-amino-alcohol motifs (C(OH)–C–C–N with tert-alkyl or cyclic N) is 1. The average molecular weight is 279 g/mol. The Hall–Kier alpha value is -0.690. The van der Waals surface area contributed by atoms with Gasteiger partial charge in [0.05, 0.1) is 11.4 Å². The van der Waals surface area contributed by atoms with Crippen LogP contribution in [0.5, 0.6) is 0 Å². The third-order valence-corrected chi connectivity index (χ3v) is 4.62. The second-order valence-electron chi connectivity index (χ2n) is 5.48. The highest BCUT2D eigenvalue weighted by Crippen LogP contribution is 2.32. The van der Waals surface area contributed by atoms with Gasteiger partial charge in [0.25, 0.3) is 0 Å². The Balaban J connectivity index is 1.93. The van der Waals surface area contributed by atoms with Gasteiger partial charge in [-0.05, 0) is 12.8 Å². The first-order chi connectivity index (χ1) is 8.27. The predicted octanol–water partition coefficient (Wildman–Crippen LogP) is 0.439. The molecule has 5 nitrogen and oxygen atoms in total. The lowest BCUT2D eigenvalue weighted by molar-refractivity contribution is -0.130. The first-order valence-electron chi connectivity index (χ1n) is 6.20. The third kappa shape index (κ3) is 3.41. The fourth-order valence-corrected chi connectivity index (χ4v) is 3.73. The van der Waals surface area contributed by atoms with Gasteiger partial charge in [-0.3, -0.25) is 4.79 Å². The average Bonchev–Trinajstić information content (AvgIpc) is 2.73. The zero-order valence-corrected chi connectivity index (χ0v) is 11.0. The van der Waals surface area contributed by atoms with Crippen molar-refractivity contribution >= 4 is 16.1 Å². The second kappa shape index (κ2) is 4.77. The molecule has 0 aromatic heterocycles. The summed E-state index contributed by atoms with van der Waals surface area (Å²) in [7, 11) is -4.54. The summed E-state index contributed by atoms with van der Waals surface area (Å²) in [5.74, 6) is -1.28. The van der Waals surface area contributed by atoms with Crippen LogP contribution in [-0.4, -0.2) is 48.8 Å². The Labute approximate surface area is 106 Å². The van der Waals surface area contributed by atoms with E-state index in [1.54, 1.807) is 0 Å². The molecule has 2 rings (SSSR count). The zero-order valence-electron chi connectivity index (χ0n) is 10.1. The summed E-state index contributed by atoms with van der Waals surface area (Å²) in [5.41, 5.74) is -0.834. The third-order valence-electron chi connectivity index (χ3n) is 3.75. The van der Waals surface area contributed by atoms with Crippen molar-refractivity contribution in [3.8, 4) is 0 Å². The number of rotatable bonds is 4. The topological polar surface area (TPSA) is 74.7 Å². The minimum atomic E-state index is -4.54. The molecule has 1 amide bonds. The van der Waals surface area contributed by atoms with Crippen molar-refractivity contribution in [2.24, 2.45) is 5.92 Å². The summed E-state index contributed by atoms with van der Waals surface area (Å²) in [4.78, 5) is 13.2. The minimum Gasteiger partial charge on any atom is -0.388 e. The van der Waals surface area contributed by atoms with Crippen molar-refractivity contribution < 1.29 is 22.2 Å². The summed E-state index contributed by atoms with van der Waals surface area (Å²) in [6.45, 7) is 0.471. The Bertz CT molecular complexity index is 430. The molecular weight excluding hydrogens is 261 g/mol. The van der Waals surface area contributed by atoms with E-state index in [9.17, 15) is 22.2 Å². The fraction of sp³-hybridized carbons (Fsp3) is 0.909. The van der Waals surface area contributed by atoms with Gasteiger partial charge in [0.1, 0.15) is 0 Å². The Morgan fingerprint density at radius 3 is 2.56 bits per heavy atom. The van der Waals surface area contributed by atoms with E-state index < -0.39 is 27.5 Å². The molecule has 0 spiro atoms. The van der Waals surface area contributed by atoms with Crippen LogP contribution in [0.1, 0.15) is 32.1 Å². The van der Waals surface area contributed by atoms with Gasteiger partial charge in [-0.1, -0.05) is 12.8 Å². The molecule has 2 aliphatic rings. The molecule has 1 aliphatic heterocycles. The summed E-state index contributed by atoms with van der Waals surface area (Å²) in [6.07, 6.45) is 3.28. The summed E-state index contributed by atoms with van der Waals surface area (Å²) in [5, 5.41) is 10.2. The van der Waals surface area contributed by atoms with Crippen molar-refractivity contribution in [1.29, 1.82) is 0 Å². The fourth-order valence-electron chi connectivity index (χ4n) is 2.95. The standard InChI is InChI=1S/C11H18FNO4S/c12-18(16,17)7-9-5-10(14)13(6-9)8-11(15)3-1-2-4-11/h9,15H,1-8H2. The number of carbonyl (C=O) groups is 1. The molecule has 0 aromatic rings. The van der Waals surface area contributed by atoms with Crippen LogP contribution in [0, 0.1) is 5.92 Å². The van der Waals surface area contributed by atoms with Crippen molar-refractivity contribution in [1.82, 2.24) is 4.90 Å². The summed E-state index contributed by atoms with van der Waals surface area (Å²) in [6, 6.07) is 0. The van der Waals surface area contributed by atoms with Crippen LogP contribution in [0.15, 0.2) is 0 Å². The predicted molar refractivity (Wildman–Crippen MR) is 63.0 cm³/mol. The summed E-state index contributed by atoms with van der Waals surface area (Å²) >= 11 is 0. The Kier molecular flexibility index (Phi) is 3.64. The van der Waals surface area contributed by atoms with Gasteiger partial charge in [-0.15, -0.1) is 3.89 Å². The van der Waals surface area contributed by atoms with Crippen LogP contribution in [-0.2, 0) is 15.0 Å². The monoisotopic (exact) mass is 279 g/mol. The van der Waals surface area contributed by atoms with Gasteiger partial charge in [0.15, 0.2) is 0 Å². The lowest BCUT2D eigenvalue weighted by atomic mass is 10.0. The molecule has 104 valence electrons. The first kappa shape index (κ1) is 13.7. The largest absolute Gasteiger partial charge is 0.388 e. The van der Waals surface area contributed by atoms with E-state index in [2.05, 4.69) is 0 Å². The highest BCUT2D eigenvalue weighted by molar-refractivity contribution is 7.86. The van der Waals surface area contributed by atoms with Crippen molar-refractivity contribution in [2.75, 3.05) is 18.8 Å². The van der Waals surface area contributed by atoms with Crippen molar-refractivity contribution in [3.05, 3.63) is 0 Å². The van der Waals surface area contributed by atoms with Gasteiger partial charge in [0, 0.05) is 25.4 Å². The minimum absolute atomic E-state index is 0.0548. The number of hydrogen-bond acceptors (Lipinski definition) is 4. The molecule has 18 heavy (non-hydrogen) atoms. The number of nitrogens with zero attached hydrogens (tertiary/aromatic N) is 1. The molecule has 1 aliphatic carbocycles. The van der Waals surface area contributed by atoms with E-state index in [1.807, 2.05) is 0 Å². The lowest BCUT2D eigenvalue weighted by Crippen LogP contribution is -2.42. The Morgan fingerprint density at radius 2 is 2.00 bits per heavy atom. The van der Waals surface area contributed by atoms with Crippen LogP contribution < -0.4 is 0 Å². The molecule has 1 saturated carbocycles. The van der Waals surface area contributed by atoms with Gasteiger partial charge in [-0.2, -0.15) is 8.42 Å². The molecule has 1 heterocycles. The molecule has 0 bridgehead atoms. The van der Waals surface area contributed by atoms with Gasteiger partial charge in [-0.25, -0.2) is 0 Å². The molecule has 2 fully saturated rings. The lowest BCUT2D eigenvalue weighted by Gasteiger charge is -2.28. The molecule has 7 heteroatoms. The smallest absolute Gasteiger partial charge is 0.302 e. The highest BCUT2D eigenvalue weighted by Gasteiger charge is 2.39. The van der Waals surface area contributed by atoms with E-state index in [4.69, 9.17) is 0 Å². The number of hydrogen-bond donors (Lipinski definition) is 1. The van der Waals surface area contributed by atoms with Gasteiger partial charge in [0.2, 0.25) is 5.91 Å². The van der Waals surface area contributed by atoms with E-state index in [0.29, 0.717) is 12.8 Å². The van der Waals surface area contributed by atoms with Crippen molar-refractivity contribution in [3.63, 3.8) is 0 Å². The molecule has 0 aromatic carbocycles. The van der Waals surface area contributed by atoms with E-state index >= 15 is 0 Å². The van der Waals surface area contributed by atoms with E-state index in [0.717, 1.165) is 12.8 Å². The first-order valence-corrected chi connectivity index (χ1v) is 7.75. The maximum atomic E-state index is 12.6. The highest BCUT2D eigenvalue weighted by atomic mass is 32.3. The SMILES string of the molecule is O=C1CC(CS(=O)(=O)F)CN1CC1(O)CCCC1. The van der Waals surface area contributed by atoms with Crippen LogP contribution in [0.4, 0.5) is 3.89 Å². The normalized spacial score (nSPS) is 28.0. The van der Waals surface area contributed by atoms with Gasteiger partial charge < -0.3 is 10.0 Å². The van der Waals surface area contributed by atoms with Crippen LogP contribution in [0.25, 0.3) is 0 Å². The number of aliphatic hydroxyl groups is 1. The molecule has 1 N–H and O–H groups in total. The molecule has 1 unspecified atom stereocenters. The molecule has 1 saturated heterocycles. The van der Waals surface area contributed by atoms with Crippen LogP contribution in [0.2, 0.25) is 0 Å². The van der Waals surface area contributed by atoms with E-state index in [-0.39, 0.29) is 25.4 Å². The molecular formula is C11H18FNO4S. The number of amides is 1. The summed E-state index contributed by atoms with van der Waals surface area (Å²) < 4.78 is 33.7. The second-order valence-corrected chi connectivity index (χ2v) is 6.89. The molecule has 1 atom stereocenters. The van der Waals surface area contributed by atoms with Crippen molar-refractivity contribution in [2.45, 2.75) is 37.7 Å². The maximum Gasteiger partial charge on any atom is 0.302 e. The quantitative estimate of drug-likeness (QED) is 0.758. The van der Waals surface area contributed by atoms with E-state index in [1.165, 1.54) is 4.90 Å². The number of halogens is 1. The maximum absolute atomic E-state index is 12.6.